The van der Waals surface area contributed by atoms with Gasteiger partial charge in [0.2, 0.25) is 0 Å². The van der Waals surface area contributed by atoms with Gasteiger partial charge in [-0.1, -0.05) is 6.07 Å². The summed E-state index contributed by atoms with van der Waals surface area (Å²) in [7, 11) is 0. The molecule has 0 bridgehead atoms. The molecule has 2 N–H and O–H groups in total. The molecule has 1 heterocycles. The number of hydrogen-bond acceptors (Lipinski definition) is 4. The quantitative estimate of drug-likeness (QED) is 0.818. The summed E-state index contributed by atoms with van der Waals surface area (Å²) < 4.78 is 11.5. The van der Waals surface area contributed by atoms with Crippen LogP contribution in [-0.4, -0.2) is 37.7 Å². The van der Waals surface area contributed by atoms with Gasteiger partial charge in [0.25, 0.3) is 0 Å². The van der Waals surface area contributed by atoms with Gasteiger partial charge in [0, 0.05) is 13.1 Å². The maximum Gasteiger partial charge on any atom is 0.161 e. The van der Waals surface area contributed by atoms with Gasteiger partial charge >= 0.3 is 0 Å². The molecule has 4 heteroatoms. The van der Waals surface area contributed by atoms with Gasteiger partial charge in [-0.25, -0.2) is 0 Å². The van der Waals surface area contributed by atoms with Crippen molar-refractivity contribution in [2.45, 2.75) is 26.3 Å². The first kappa shape index (κ1) is 14.2. The zero-order chi connectivity index (χ0) is 13.5. The average Bonchev–Trinajstić information content (AvgIpc) is 2.94. The predicted molar refractivity (Wildman–Crippen MR) is 76.7 cm³/mol. The van der Waals surface area contributed by atoms with E-state index in [0.717, 1.165) is 23.6 Å². The Hall–Kier alpha value is -1.26. The SMILES string of the molecule is CCOc1cc(CN)ccc1OCCN1CCCC1. The van der Waals surface area contributed by atoms with Crippen LogP contribution in [0, 0.1) is 0 Å². The van der Waals surface area contributed by atoms with Gasteiger partial charge in [-0.05, 0) is 50.6 Å². The third-order valence-corrected chi connectivity index (χ3v) is 3.41. The van der Waals surface area contributed by atoms with Crippen LogP contribution >= 0.6 is 0 Å². The second-order valence-corrected chi connectivity index (χ2v) is 4.82. The molecule has 0 aliphatic carbocycles. The van der Waals surface area contributed by atoms with Crippen LogP contribution in [0.25, 0.3) is 0 Å². The Bertz CT molecular complexity index is 390. The highest BCUT2D eigenvalue weighted by Crippen LogP contribution is 2.28. The highest BCUT2D eigenvalue weighted by molar-refractivity contribution is 5.43. The molecule has 0 saturated carbocycles. The Kier molecular flexibility index (Phi) is 5.48. The second kappa shape index (κ2) is 7.36. The molecule has 0 radical (unpaired) electrons. The molecule has 0 aromatic heterocycles. The van der Waals surface area contributed by atoms with Crippen LogP contribution in [0.1, 0.15) is 25.3 Å². The van der Waals surface area contributed by atoms with Crippen molar-refractivity contribution in [1.29, 1.82) is 0 Å². The molecule has 1 aliphatic rings. The van der Waals surface area contributed by atoms with Crippen molar-refractivity contribution >= 4 is 0 Å². The van der Waals surface area contributed by atoms with E-state index >= 15 is 0 Å². The molecule has 1 aliphatic heterocycles. The van der Waals surface area contributed by atoms with Gasteiger partial charge in [0.15, 0.2) is 11.5 Å². The highest BCUT2D eigenvalue weighted by Gasteiger charge is 2.12. The third kappa shape index (κ3) is 4.11. The Balaban J connectivity index is 1.90. The summed E-state index contributed by atoms with van der Waals surface area (Å²) >= 11 is 0. The minimum Gasteiger partial charge on any atom is -0.490 e. The Morgan fingerprint density at radius 2 is 1.95 bits per heavy atom. The molecule has 1 aromatic rings. The fourth-order valence-electron chi connectivity index (χ4n) is 2.36. The molecule has 0 unspecified atom stereocenters. The lowest BCUT2D eigenvalue weighted by atomic mass is 10.2. The van der Waals surface area contributed by atoms with Crippen molar-refractivity contribution in [3.05, 3.63) is 23.8 Å². The number of nitrogens with zero attached hydrogens (tertiary/aromatic N) is 1. The van der Waals surface area contributed by atoms with Crippen LogP contribution in [0.2, 0.25) is 0 Å². The summed E-state index contributed by atoms with van der Waals surface area (Å²) in [6.07, 6.45) is 2.63. The topological polar surface area (TPSA) is 47.7 Å². The lowest BCUT2D eigenvalue weighted by Gasteiger charge is -2.17. The van der Waals surface area contributed by atoms with Crippen LogP contribution in [0.15, 0.2) is 18.2 Å². The van der Waals surface area contributed by atoms with Crippen molar-refractivity contribution < 1.29 is 9.47 Å². The molecule has 19 heavy (non-hydrogen) atoms. The first-order valence-corrected chi connectivity index (χ1v) is 7.14. The highest BCUT2D eigenvalue weighted by atomic mass is 16.5. The van der Waals surface area contributed by atoms with Gasteiger partial charge in [0.1, 0.15) is 6.61 Å². The number of likely N-dealkylation sites (tertiary alicyclic amines) is 1. The molecular weight excluding hydrogens is 240 g/mol. The van der Waals surface area contributed by atoms with Crippen LogP contribution < -0.4 is 15.2 Å². The summed E-state index contributed by atoms with van der Waals surface area (Å²) in [5.74, 6) is 1.62. The van der Waals surface area contributed by atoms with Crippen LogP contribution in [-0.2, 0) is 6.54 Å². The van der Waals surface area contributed by atoms with Crippen molar-refractivity contribution in [2.24, 2.45) is 5.73 Å². The zero-order valence-corrected chi connectivity index (χ0v) is 11.7. The zero-order valence-electron chi connectivity index (χ0n) is 11.7. The lowest BCUT2D eigenvalue weighted by molar-refractivity contribution is 0.226. The largest absolute Gasteiger partial charge is 0.490 e. The number of rotatable bonds is 7. The first-order valence-electron chi connectivity index (χ1n) is 7.14. The summed E-state index contributed by atoms with van der Waals surface area (Å²) in [6, 6.07) is 5.92. The third-order valence-electron chi connectivity index (χ3n) is 3.41. The standard InChI is InChI=1S/C15H24N2O2/c1-2-18-15-11-13(12-16)5-6-14(15)19-10-9-17-7-3-4-8-17/h5-6,11H,2-4,7-10,12,16H2,1H3. The van der Waals surface area contributed by atoms with E-state index in [1.165, 1.54) is 25.9 Å². The smallest absolute Gasteiger partial charge is 0.161 e. The molecule has 1 saturated heterocycles. The van der Waals surface area contributed by atoms with Crippen molar-refractivity contribution in [2.75, 3.05) is 32.8 Å². The van der Waals surface area contributed by atoms with E-state index in [1.807, 2.05) is 25.1 Å². The van der Waals surface area contributed by atoms with Gasteiger partial charge in [-0.3, -0.25) is 4.90 Å². The maximum atomic E-state index is 5.84. The Labute approximate surface area is 115 Å². The van der Waals surface area contributed by atoms with E-state index in [0.29, 0.717) is 19.8 Å². The normalized spacial score (nSPS) is 15.7. The summed E-state index contributed by atoms with van der Waals surface area (Å²) in [6.45, 7) is 7.24. The predicted octanol–water partition coefficient (Wildman–Crippen LogP) is 2.02. The van der Waals surface area contributed by atoms with Crippen LogP contribution in [0.5, 0.6) is 11.5 Å². The fourth-order valence-corrected chi connectivity index (χ4v) is 2.36. The summed E-state index contributed by atoms with van der Waals surface area (Å²) in [4.78, 5) is 2.44. The minimum atomic E-state index is 0.522. The molecule has 0 amide bonds. The van der Waals surface area contributed by atoms with Crippen LogP contribution in [0.4, 0.5) is 0 Å². The summed E-state index contributed by atoms with van der Waals surface area (Å²) in [5, 5.41) is 0. The van der Waals surface area contributed by atoms with E-state index in [2.05, 4.69) is 4.90 Å². The van der Waals surface area contributed by atoms with Gasteiger partial charge in [-0.2, -0.15) is 0 Å². The summed E-state index contributed by atoms with van der Waals surface area (Å²) in [5.41, 5.74) is 6.71. The molecule has 1 fully saturated rings. The van der Waals surface area contributed by atoms with Gasteiger partial charge in [0.05, 0.1) is 6.61 Å². The van der Waals surface area contributed by atoms with E-state index in [-0.39, 0.29) is 0 Å². The number of benzene rings is 1. The molecule has 0 spiro atoms. The molecule has 1 aromatic carbocycles. The van der Waals surface area contributed by atoms with Gasteiger partial charge in [-0.15, -0.1) is 0 Å². The molecule has 106 valence electrons. The maximum absolute atomic E-state index is 5.84. The number of ether oxygens (including phenoxy) is 2. The first-order chi connectivity index (χ1) is 9.33. The Morgan fingerprint density at radius 3 is 2.63 bits per heavy atom. The Morgan fingerprint density at radius 1 is 1.16 bits per heavy atom. The van der Waals surface area contributed by atoms with Crippen molar-refractivity contribution in [1.82, 2.24) is 4.90 Å². The van der Waals surface area contributed by atoms with Gasteiger partial charge < -0.3 is 15.2 Å². The van der Waals surface area contributed by atoms with Crippen LogP contribution in [0.3, 0.4) is 0 Å². The molecule has 0 atom stereocenters. The van der Waals surface area contributed by atoms with Crippen molar-refractivity contribution in [3.63, 3.8) is 0 Å². The second-order valence-electron chi connectivity index (χ2n) is 4.82. The van der Waals surface area contributed by atoms with E-state index < -0.39 is 0 Å². The van der Waals surface area contributed by atoms with Crippen molar-refractivity contribution in [3.8, 4) is 11.5 Å². The number of hydrogen-bond donors (Lipinski definition) is 1. The van der Waals surface area contributed by atoms with E-state index in [1.54, 1.807) is 0 Å². The monoisotopic (exact) mass is 264 g/mol. The fraction of sp³-hybridized carbons (Fsp3) is 0.600. The number of nitrogens with two attached hydrogens (primary N) is 1. The average molecular weight is 264 g/mol. The molecular formula is C15H24N2O2. The minimum absolute atomic E-state index is 0.522. The lowest BCUT2D eigenvalue weighted by Crippen LogP contribution is -2.25. The van der Waals surface area contributed by atoms with E-state index in [9.17, 15) is 0 Å². The molecule has 2 rings (SSSR count). The van der Waals surface area contributed by atoms with E-state index in [4.69, 9.17) is 15.2 Å². The molecule has 4 nitrogen and oxygen atoms in total.